The Morgan fingerprint density at radius 3 is 2.79 bits per heavy atom. The molecule has 0 saturated heterocycles. The third-order valence-corrected chi connectivity index (χ3v) is 4.79. The zero-order valence-electron chi connectivity index (χ0n) is 9.97. The van der Waals surface area contributed by atoms with Crippen LogP contribution in [-0.4, -0.2) is 18.2 Å². The van der Waals surface area contributed by atoms with Gasteiger partial charge in [-0.15, -0.1) is 0 Å². The van der Waals surface area contributed by atoms with E-state index >= 15 is 0 Å². The van der Waals surface area contributed by atoms with Gasteiger partial charge in [0.2, 0.25) is 10.0 Å². The standard InChI is InChI=1S/C11H11BrFN3O2S/c1-16-7-8(5-14-16)6-15-19(17,18)11-3-2-9(13)4-10(11)12/h2-5,7,15H,6H2,1H3. The molecule has 0 fully saturated rings. The summed E-state index contributed by atoms with van der Waals surface area (Å²) in [6.07, 6.45) is 3.28. The molecule has 1 heterocycles. The van der Waals surface area contributed by atoms with Crippen LogP contribution < -0.4 is 4.72 Å². The Morgan fingerprint density at radius 1 is 1.47 bits per heavy atom. The Labute approximate surface area is 118 Å². The number of hydrogen-bond acceptors (Lipinski definition) is 3. The lowest BCUT2D eigenvalue weighted by Gasteiger charge is -2.07. The third-order valence-electron chi connectivity index (χ3n) is 2.41. The van der Waals surface area contributed by atoms with Crippen molar-refractivity contribution in [2.75, 3.05) is 0 Å². The summed E-state index contributed by atoms with van der Waals surface area (Å²) >= 11 is 3.04. The second-order valence-electron chi connectivity index (χ2n) is 3.92. The molecule has 0 spiro atoms. The van der Waals surface area contributed by atoms with Crippen molar-refractivity contribution in [2.24, 2.45) is 7.05 Å². The molecule has 102 valence electrons. The smallest absolute Gasteiger partial charge is 0.241 e. The number of benzene rings is 1. The molecule has 8 heteroatoms. The highest BCUT2D eigenvalue weighted by atomic mass is 79.9. The van der Waals surface area contributed by atoms with E-state index in [1.54, 1.807) is 24.1 Å². The van der Waals surface area contributed by atoms with Crippen molar-refractivity contribution in [3.63, 3.8) is 0 Å². The molecule has 0 amide bonds. The van der Waals surface area contributed by atoms with Crippen LogP contribution in [0.3, 0.4) is 0 Å². The second kappa shape index (κ2) is 5.40. The molecule has 0 saturated carbocycles. The van der Waals surface area contributed by atoms with Crippen molar-refractivity contribution in [3.8, 4) is 0 Å². The summed E-state index contributed by atoms with van der Waals surface area (Å²) in [6.45, 7) is 0.125. The normalized spacial score (nSPS) is 11.7. The minimum atomic E-state index is -3.70. The first-order valence-corrected chi connectivity index (χ1v) is 7.58. The van der Waals surface area contributed by atoms with Crippen LogP contribution in [0.1, 0.15) is 5.56 Å². The number of sulfonamides is 1. The molecule has 0 aliphatic heterocycles. The molecule has 0 aliphatic carbocycles. The fourth-order valence-corrected chi connectivity index (χ4v) is 3.58. The molecular formula is C11H11BrFN3O2S. The largest absolute Gasteiger partial charge is 0.275 e. The highest BCUT2D eigenvalue weighted by Gasteiger charge is 2.17. The minimum absolute atomic E-state index is 0.00205. The van der Waals surface area contributed by atoms with Crippen LogP contribution in [0, 0.1) is 5.82 Å². The van der Waals surface area contributed by atoms with Crippen LogP contribution >= 0.6 is 15.9 Å². The van der Waals surface area contributed by atoms with Crippen LogP contribution in [0.15, 0.2) is 40.0 Å². The van der Waals surface area contributed by atoms with Crippen LogP contribution in [0.2, 0.25) is 0 Å². The summed E-state index contributed by atoms with van der Waals surface area (Å²) in [5, 5.41) is 3.94. The quantitative estimate of drug-likeness (QED) is 0.917. The maximum atomic E-state index is 12.9. The summed E-state index contributed by atoms with van der Waals surface area (Å²) in [4.78, 5) is -0.00205. The molecular weight excluding hydrogens is 337 g/mol. The highest BCUT2D eigenvalue weighted by molar-refractivity contribution is 9.10. The van der Waals surface area contributed by atoms with Crippen LogP contribution in [0.25, 0.3) is 0 Å². The Hall–Kier alpha value is -1.25. The lowest BCUT2D eigenvalue weighted by atomic mass is 10.3. The van der Waals surface area contributed by atoms with Gasteiger partial charge < -0.3 is 0 Å². The maximum Gasteiger partial charge on any atom is 0.241 e. The van der Waals surface area contributed by atoms with Crippen LogP contribution in [0.5, 0.6) is 0 Å². The van der Waals surface area contributed by atoms with Crippen molar-refractivity contribution in [1.82, 2.24) is 14.5 Å². The van der Waals surface area contributed by atoms with E-state index in [0.717, 1.165) is 17.7 Å². The van der Waals surface area contributed by atoms with Gasteiger partial charge in [0.15, 0.2) is 0 Å². The molecule has 1 aromatic carbocycles. The summed E-state index contributed by atoms with van der Waals surface area (Å²) < 4.78 is 41.2. The summed E-state index contributed by atoms with van der Waals surface area (Å²) in [6, 6.07) is 3.42. The molecule has 5 nitrogen and oxygen atoms in total. The number of halogens is 2. The predicted octanol–water partition coefficient (Wildman–Crippen LogP) is 1.80. The first-order chi connectivity index (χ1) is 8.88. The first-order valence-electron chi connectivity index (χ1n) is 5.31. The van der Waals surface area contributed by atoms with Gasteiger partial charge in [-0.25, -0.2) is 17.5 Å². The molecule has 2 aromatic rings. The highest BCUT2D eigenvalue weighted by Crippen LogP contribution is 2.22. The molecule has 2 rings (SSSR count). The number of hydrogen-bond donors (Lipinski definition) is 1. The lowest BCUT2D eigenvalue weighted by Crippen LogP contribution is -2.23. The zero-order chi connectivity index (χ0) is 14.0. The van der Waals surface area contributed by atoms with E-state index in [-0.39, 0.29) is 15.9 Å². The van der Waals surface area contributed by atoms with Gasteiger partial charge in [0.05, 0.1) is 11.1 Å². The molecule has 1 N–H and O–H groups in total. The molecule has 0 unspecified atom stereocenters. The van der Waals surface area contributed by atoms with E-state index in [4.69, 9.17) is 0 Å². The average Bonchev–Trinajstić information content (AvgIpc) is 2.72. The minimum Gasteiger partial charge on any atom is -0.275 e. The van der Waals surface area contributed by atoms with E-state index in [1.807, 2.05) is 0 Å². The Balaban J connectivity index is 2.18. The van der Waals surface area contributed by atoms with Gasteiger partial charge in [0.1, 0.15) is 5.82 Å². The SMILES string of the molecule is Cn1cc(CNS(=O)(=O)c2ccc(F)cc2Br)cn1. The Bertz CT molecular complexity index is 700. The van der Waals surface area contributed by atoms with Gasteiger partial charge in [-0.3, -0.25) is 4.68 Å². The average molecular weight is 348 g/mol. The third kappa shape index (κ3) is 3.40. The van der Waals surface area contributed by atoms with E-state index in [0.29, 0.717) is 0 Å². The summed E-state index contributed by atoms with van der Waals surface area (Å²) in [7, 11) is -1.95. The number of aromatic nitrogens is 2. The molecule has 0 radical (unpaired) electrons. The van der Waals surface area contributed by atoms with Crippen molar-refractivity contribution in [3.05, 3.63) is 46.4 Å². The fourth-order valence-electron chi connectivity index (χ4n) is 1.51. The number of rotatable bonds is 4. The fraction of sp³-hybridized carbons (Fsp3) is 0.182. The van der Waals surface area contributed by atoms with Crippen LogP contribution in [-0.2, 0) is 23.6 Å². The maximum absolute atomic E-state index is 12.9. The van der Waals surface area contributed by atoms with E-state index in [2.05, 4.69) is 25.8 Å². The van der Waals surface area contributed by atoms with Crippen molar-refractivity contribution in [1.29, 1.82) is 0 Å². The molecule has 1 aromatic heterocycles. The van der Waals surface area contributed by atoms with E-state index in [1.165, 1.54) is 6.07 Å². The number of nitrogens with one attached hydrogen (secondary N) is 1. The number of nitrogens with zero attached hydrogens (tertiary/aromatic N) is 2. The Morgan fingerprint density at radius 2 is 2.21 bits per heavy atom. The monoisotopic (exact) mass is 347 g/mol. The van der Waals surface area contributed by atoms with E-state index < -0.39 is 15.8 Å². The van der Waals surface area contributed by atoms with Gasteiger partial charge in [-0.05, 0) is 34.1 Å². The topological polar surface area (TPSA) is 64.0 Å². The first kappa shape index (κ1) is 14.2. The van der Waals surface area contributed by atoms with Crippen molar-refractivity contribution in [2.45, 2.75) is 11.4 Å². The molecule has 19 heavy (non-hydrogen) atoms. The molecule has 0 aliphatic rings. The van der Waals surface area contributed by atoms with E-state index in [9.17, 15) is 12.8 Å². The van der Waals surface area contributed by atoms with Crippen molar-refractivity contribution >= 4 is 26.0 Å². The van der Waals surface area contributed by atoms with Gasteiger partial charge in [-0.2, -0.15) is 5.10 Å². The zero-order valence-corrected chi connectivity index (χ0v) is 12.4. The molecule has 0 bridgehead atoms. The van der Waals surface area contributed by atoms with Crippen molar-refractivity contribution < 1.29 is 12.8 Å². The molecule has 0 atom stereocenters. The summed E-state index contributed by atoms with van der Waals surface area (Å²) in [5.41, 5.74) is 0.740. The predicted molar refractivity (Wildman–Crippen MR) is 71.3 cm³/mol. The number of aryl methyl sites for hydroxylation is 1. The van der Waals surface area contributed by atoms with Gasteiger partial charge in [0, 0.05) is 29.8 Å². The van der Waals surface area contributed by atoms with Gasteiger partial charge >= 0.3 is 0 Å². The van der Waals surface area contributed by atoms with Gasteiger partial charge in [-0.1, -0.05) is 0 Å². The lowest BCUT2D eigenvalue weighted by molar-refractivity contribution is 0.579. The summed E-state index contributed by atoms with van der Waals surface area (Å²) in [5.74, 6) is -0.502. The second-order valence-corrected chi connectivity index (χ2v) is 6.51. The van der Waals surface area contributed by atoms with Gasteiger partial charge in [0.25, 0.3) is 0 Å². The Kier molecular flexibility index (Phi) is 4.02. The van der Waals surface area contributed by atoms with Crippen LogP contribution in [0.4, 0.5) is 4.39 Å².